The van der Waals surface area contributed by atoms with Crippen LogP contribution in [0.15, 0.2) is 18.3 Å². The van der Waals surface area contributed by atoms with Crippen LogP contribution in [0, 0.1) is 5.95 Å². The highest BCUT2D eigenvalue weighted by Crippen LogP contribution is 2.08. The third-order valence-electron chi connectivity index (χ3n) is 2.55. The van der Waals surface area contributed by atoms with Crippen LogP contribution >= 0.6 is 0 Å². The van der Waals surface area contributed by atoms with Crippen molar-refractivity contribution in [3.8, 4) is 0 Å². The molecule has 1 heterocycles. The van der Waals surface area contributed by atoms with Crippen LogP contribution in [-0.4, -0.2) is 28.9 Å². The third kappa shape index (κ3) is 2.75. The summed E-state index contributed by atoms with van der Waals surface area (Å²) >= 11 is 0. The van der Waals surface area contributed by atoms with Gasteiger partial charge in [0.15, 0.2) is 0 Å². The van der Waals surface area contributed by atoms with Gasteiger partial charge in [0.05, 0.1) is 0 Å². The predicted octanol–water partition coefficient (Wildman–Crippen LogP) is 2.09. The number of halogens is 1. The van der Waals surface area contributed by atoms with Crippen molar-refractivity contribution in [2.24, 2.45) is 0 Å². The molecule has 0 bridgehead atoms. The van der Waals surface area contributed by atoms with Gasteiger partial charge in [0, 0.05) is 30.9 Å². The molecule has 0 N–H and O–H groups in total. The van der Waals surface area contributed by atoms with E-state index in [0.29, 0.717) is 5.56 Å². The van der Waals surface area contributed by atoms with Gasteiger partial charge < -0.3 is 4.90 Å². The summed E-state index contributed by atoms with van der Waals surface area (Å²) in [4.78, 5) is 16.8. The van der Waals surface area contributed by atoms with Gasteiger partial charge >= 0.3 is 0 Å². The number of hydrogen-bond acceptors (Lipinski definition) is 2. The van der Waals surface area contributed by atoms with Crippen molar-refractivity contribution in [2.45, 2.75) is 26.3 Å². The summed E-state index contributed by atoms with van der Waals surface area (Å²) in [5.74, 6) is -0.802. The topological polar surface area (TPSA) is 33.2 Å². The highest BCUT2D eigenvalue weighted by molar-refractivity contribution is 5.94. The number of hydrogen-bond donors (Lipinski definition) is 0. The fourth-order valence-electron chi connectivity index (χ4n) is 1.21. The zero-order valence-electron chi connectivity index (χ0n) is 9.20. The molecule has 82 valence electrons. The maximum Gasteiger partial charge on any atom is 0.254 e. The average Bonchev–Trinajstić information content (AvgIpc) is 2.26. The maximum atomic E-state index is 12.8. The Kier molecular flexibility index (Phi) is 3.77. The summed E-state index contributed by atoms with van der Waals surface area (Å²) in [6.45, 7) is 3.96. The van der Waals surface area contributed by atoms with Crippen LogP contribution in [0.25, 0.3) is 0 Å². The third-order valence-corrected chi connectivity index (χ3v) is 2.55. The first-order valence-electron chi connectivity index (χ1n) is 4.95. The summed E-state index contributed by atoms with van der Waals surface area (Å²) in [6, 6.07) is 2.82. The second-order valence-corrected chi connectivity index (χ2v) is 3.54. The summed E-state index contributed by atoms with van der Waals surface area (Å²) in [5, 5.41) is 0. The molecule has 15 heavy (non-hydrogen) atoms. The minimum absolute atomic E-state index is 0.147. The van der Waals surface area contributed by atoms with Crippen LogP contribution in [0.3, 0.4) is 0 Å². The van der Waals surface area contributed by atoms with E-state index in [1.165, 1.54) is 12.3 Å². The number of amides is 1. The number of nitrogens with zero attached hydrogens (tertiary/aromatic N) is 2. The van der Waals surface area contributed by atoms with Crippen LogP contribution in [0.5, 0.6) is 0 Å². The summed E-state index contributed by atoms with van der Waals surface area (Å²) in [7, 11) is 1.72. The molecule has 0 fully saturated rings. The number of carbonyl (C=O) groups excluding carboxylic acids is 1. The molecule has 1 unspecified atom stereocenters. The Morgan fingerprint density at radius 2 is 2.33 bits per heavy atom. The van der Waals surface area contributed by atoms with Gasteiger partial charge in [-0.05, 0) is 19.4 Å². The van der Waals surface area contributed by atoms with Gasteiger partial charge in [-0.2, -0.15) is 4.39 Å². The number of carbonyl (C=O) groups is 1. The molecular weight excluding hydrogens is 195 g/mol. The van der Waals surface area contributed by atoms with Crippen LogP contribution in [0.2, 0.25) is 0 Å². The molecule has 0 aliphatic rings. The quantitative estimate of drug-likeness (QED) is 0.716. The molecule has 0 aliphatic carbocycles. The molecule has 0 spiro atoms. The Bertz CT molecular complexity index is 354. The maximum absolute atomic E-state index is 12.8. The van der Waals surface area contributed by atoms with Crippen molar-refractivity contribution in [3.63, 3.8) is 0 Å². The minimum atomic E-state index is -0.626. The van der Waals surface area contributed by atoms with Crippen molar-refractivity contribution in [1.29, 1.82) is 0 Å². The Morgan fingerprint density at radius 1 is 1.67 bits per heavy atom. The predicted molar refractivity (Wildman–Crippen MR) is 56.0 cm³/mol. The van der Waals surface area contributed by atoms with Crippen molar-refractivity contribution in [3.05, 3.63) is 29.8 Å². The normalized spacial score (nSPS) is 12.3. The van der Waals surface area contributed by atoms with Gasteiger partial charge in [-0.3, -0.25) is 4.79 Å². The second kappa shape index (κ2) is 4.87. The summed E-state index contributed by atoms with van der Waals surface area (Å²) in [6.07, 6.45) is 2.17. The Labute approximate surface area is 88.9 Å². The van der Waals surface area contributed by atoms with Gasteiger partial charge in [0.25, 0.3) is 5.91 Å². The molecule has 0 saturated carbocycles. The van der Waals surface area contributed by atoms with Crippen molar-refractivity contribution in [2.75, 3.05) is 7.05 Å². The first kappa shape index (κ1) is 11.6. The molecule has 3 nitrogen and oxygen atoms in total. The van der Waals surface area contributed by atoms with E-state index in [4.69, 9.17) is 0 Å². The van der Waals surface area contributed by atoms with E-state index in [1.54, 1.807) is 11.9 Å². The van der Waals surface area contributed by atoms with Crippen molar-refractivity contribution >= 4 is 5.91 Å². The van der Waals surface area contributed by atoms with Crippen LogP contribution in [-0.2, 0) is 0 Å². The molecule has 0 radical (unpaired) electrons. The molecule has 1 aromatic rings. The standard InChI is InChI=1S/C11H15FN2O/c1-4-8(2)14(3)11(15)9-5-6-13-10(12)7-9/h5-8H,4H2,1-3H3. The smallest absolute Gasteiger partial charge is 0.254 e. The van der Waals surface area contributed by atoms with Gasteiger partial charge in [0.1, 0.15) is 0 Å². The number of rotatable bonds is 3. The van der Waals surface area contributed by atoms with E-state index >= 15 is 0 Å². The SMILES string of the molecule is CCC(C)N(C)C(=O)c1ccnc(F)c1. The van der Waals surface area contributed by atoms with E-state index in [1.807, 2.05) is 13.8 Å². The van der Waals surface area contributed by atoms with Gasteiger partial charge in [0.2, 0.25) is 5.95 Å². The van der Waals surface area contributed by atoms with E-state index < -0.39 is 5.95 Å². The lowest BCUT2D eigenvalue weighted by Gasteiger charge is -2.23. The molecule has 1 atom stereocenters. The molecule has 0 saturated heterocycles. The second-order valence-electron chi connectivity index (χ2n) is 3.54. The van der Waals surface area contributed by atoms with E-state index in [-0.39, 0.29) is 11.9 Å². The molecular formula is C11H15FN2O. The van der Waals surface area contributed by atoms with Gasteiger partial charge in [-0.25, -0.2) is 4.98 Å². The monoisotopic (exact) mass is 210 g/mol. The zero-order chi connectivity index (χ0) is 11.4. The zero-order valence-corrected chi connectivity index (χ0v) is 9.20. The van der Waals surface area contributed by atoms with E-state index in [2.05, 4.69) is 4.98 Å². The van der Waals surface area contributed by atoms with E-state index in [9.17, 15) is 9.18 Å². The molecule has 1 aromatic heterocycles. The Morgan fingerprint density at radius 3 is 2.87 bits per heavy atom. The first-order chi connectivity index (χ1) is 7.06. The summed E-state index contributed by atoms with van der Waals surface area (Å²) < 4.78 is 12.8. The van der Waals surface area contributed by atoms with Crippen LogP contribution in [0.1, 0.15) is 30.6 Å². The van der Waals surface area contributed by atoms with Gasteiger partial charge in [-0.1, -0.05) is 6.92 Å². The Hall–Kier alpha value is -1.45. The Balaban J connectivity index is 2.85. The molecule has 1 amide bonds. The number of aromatic nitrogens is 1. The minimum Gasteiger partial charge on any atom is -0.339 e. The lowest BCUT2D eigenvalue weighted by Crippen LogP contribution is -2.34. The molecule has 0 aliphatic heterocycles. The fourth-order valence-corrected chi connectivity index (χ4v) is 1.21. The highest BCUT2D eigenvalue weighted by Gasteiger charge is 2.16. The number of pyridine rings is 1. The van der Waals surface area contributed by atoms with E-state index in [0.717, 1.165) is 12.5 Å². The highest BCUT2D eigenvalue weighted by atomic mass is 19.1. The lowest BCUT2D eigenvalue weighted by molar-refractivity contribution is 0.0740. The largest absolute Gasteiger partial charge is 0.339 e. The van der Waals surface area contributed by atoms with Crippen LogP contribution < -0.4 is 0 Å². The molecule has 0 aromatic carbocycles. The van der Waals surface area contributed by atoms with Crippen LogP contribution in [0.4, 0.5) is 4.39 Å². The lowest BCUT2D eigenvalue weighted by atomic mass is 10.2. The average molecular weight is 210 g/mol. The fraction of sp³-hybridized carbons (Fsp3) is 0.455. The molecule has 4 heteroatoms. The first-order valence-corrected chi connectivity index (χ1v) is 4.95. The van der Waals surface area contributed by atoms with Crippen molar-refractivity contribution in [1.82, 2.24) is 9.88 Å². The van der Waals surface area contributed by atoms with Gasteiger partial charge in [-0.15, -0.1) is 0 Å². The van der Waals surface area contributed by atoms with Crippen molar-refractivity contribution < 1.29 is 9.18 Å². The summed E-state index contributed by atoms with van der Waals surface area (Å²) in [5.41, 5.74) is 0.338. The molecule has 1 rings (SSSR count).